The van der Waals surface area contributed by atoms with E-state index in [1.165, 1.54) is 5.56 Å². The van der Waals surface area contributed by atoms with Gasteiger partial charge in [0.05, 0.1) is 5.69 Å². The Morgan fingerprint density at radius 3 is 3.25 bits per heavy atom. The third-order valence-corrected chi connectivity index (χ3v) is 2.16. The first-order valence-electron chi connectivity index (χ1n) is 4.06. The maximum atomic E-state index is 5.47. The summed E-state index contributed by atoms with van der Waals surface area (Å²) in [6.07, 6.45) is 7.03. The Kier molecular flexibility index (Phi) is 1.57. The molecule has 0 saturated heterocycles. The topological polar surface area (TPSA) is 51.8 Å². The van der Waals surface area contributed by atoms with Crippen molar-refractivity contribution in [2.24, 2.45) is 0 Å². The lowest BCUT2D eigenvalue weighted by atomic mass is 9.93. The first-order valence-corrected chi connectivity index (χ1v) is 4.06. The molecule has 0 aliphatic heterocycles. The van der Waals surface area contributed by atoms with Crippen molar-refractivity contribution in [1.29, 1.82) is 0 Å². The number of rotatable bonds is 0. The van der Waals surface area contributed by atoms with Gasteiger partial charge in [-0.25, -0.2) is 9.97 Å². The molecule has 1 aliphatic rings. The van der Waals surface area contributed by atoms with E-state index in [2.05, 4.69) is 23.0 Å². The molecule has 0 amide bonds. The van der Waals surface area contributed by atoms with Crippen molar-refractivity contribution in [1.82, 2.24) is 9.97 Å². The van der Waals surface area contributed by atoms with Crippen LogP contribution in [-0.4, -0.2) is 9.97 Å². The zero-order valence-corrected chi connectivity index (χ0v) is 6.99. The lowest BCUT2D eigenvalue weighted by Crippen LogP contribution is -2.05. The molecule has 0 bridgehead atoms. The summed E-state index contributed by atoms with van der Waals surface area (Å²) in [5.41, 5.74) is 7.65. The number of aromatic nitrogens is 2. The molecule has 3 nitrogen and oxygen atoms in total. The van der Waals surface area contributed by atoms with Crippen LogP contribution in [0, 0.1) is 0 Å². The fourth-order valence-corrected chi connectivity index (χ4v) is 1.44. The number of anilines is 1. The van der Waals surface area contributed by atoms with Crippen LogP contribution in [0.25, 0.3) is 6.08 Å². The number of allylic oxidation sites excluding steroid dienone is 1. The molecule has 0 fully saturated rings. The van der Waals surface area contributed by atoms with Gasteiger partial charge in [0, 0.05) is 6.20 Å². The zero-order valence-electron chi connectivity index (χ0n) is 6.99. The molecule has 3 heteroatoms. The van der Waals surface area contributed by atoms with Gasteiger partial charge in [0.1, 0.15) is 0 Å². The van der Waals surface area contributed by atoms with E-state index >= 15 is 0 Å². The van der Waals surface area contributed by atoms with Crippen molar-refractivity contribution >= 4 is 12.0 Å². The molecular weight excluding hydrogens is 150 g/mol. The monoisotopic (exact) mass is 161 g/mol. The van der Waals surface area contributed by atoms with E-state index in [1.54, 1.807) is 0 Å². The van der Waals surface area contributed by atoms with Gasteiger partial charge in [-0.15, -0.1) is 0 Å². The Morgan fingerprint density at radius 1 is 1.58 bits per heavy atom. The Bertz CT molecular complexity index is 331. The van der Waals surface area contributed by atoms with Gasteiger partial charge in [0.2, 0.25) is 5.95 Å². The minimum Gasteiger partial charge on any atom is -0.368 e. The summed E-state index contributed by atoms with van der Waals surface area (Å²) >= 11 is 0. The van der Waals surface area contributed by atoms with Crippen LogP contribution in [0.15, 0.2) is 12.3 Å². The number of hydrogen-bond donors (Lipinski definition) is 1. The van der Waals surface area contributed by atoms with Crippen molar-refractivity contribution in [3.8, 4) is 0 Å². The number of hydrogen-bond acceptors (Lipinski definition) is 3. The van der Waals surface area contributed by atoms with E-state index in [0.717, 1.165) is 12.1 Å². The summed E-state index contributed by atoms with van der Waals surface area (Å²) < 4.78 is 0. The molecule has 0 radical (unpaired) electrons. The predicted molar refractivity (Wildman–Crippen MR) is 48.5 cm³/mol. The van der Waals surface area contributed by atoms with E-state index in [0.29, 0.717) is 11.9 Å². The minimum atomic E-state index is 0.354. The van der Waals surface area contributed by atoms with Crippen LogP contribution >= 0.6 is 0 Å². The fraction of sp³-hybridized carbons (Fsp3) is 0.333. The van der Waals surface area contributed by atoms with Gasteiger partial charge in [0.15, 0.2) is 0 Å². The maximum Gasteiger partial charge on any atom is 0.220 e. The van der Waals surface area contributed by atoms with Crippen LogP contribution in [0.5, 0.6) is 0 Å². The summed E-state index contributed by atoms with van der Waals surface area (Å²) in [6.45, 7) is 2.17. The summed E-state index contributed by atoms with van der Waals surface area (Å²) in [5.74, 6) is 0.873. The normalized spacial score (nSPS) is 20.6. The second-order valence-electron chi connectivity index (χ2n) is 3.11. The van der Waals surface area contributed by atoms with Crippen LogP contribution in [0.4, 0.5) is 5.95 Å². The third-order valence-electron chi connectivity index (χ3n) is 2.16. The highest BCUT2D eigenvalue weighted by Gasteiger charge is 2.13. The number of nitrogens with two attached hydrogens (primary N) is 1. The number of fused-ring (bicyclic) bond motifs is 1. The predicted octanol–water partition coefficient (Wildman–Crippen LogP) is 1.58. The van der Waals surface area contributed by atoms with Crippen LogP contribution in [0.2, 0.25) is 0 Å². The van der Waals surface area contributed by atoms with Gasteiger partial charge >= 0.3 is 0 Å². The van der Waals surface area contributed by atoms with E-state index < -0.39 is 0 Å². The highest BCUT2D eigenvalue weighted by molar-refractivity contribution is 5.54. The Labute approximate surface area is 71.3 Å². The average molecular weight is 161 g/mol. The molecule has 2 N–H and O–H groups in total. The van der Waals surface area contributed by atoms with Crippen molar-refractivity contribution in [2.75, 3.05) is 5.73 Å². The van der Waals surface area contributed by atoms with Crippen molar-refractivity contribution in [3.63, 3.8) is 0 Å². The van der Waals surface area contributed by atoms with Gasteiger partial charge in [0.25, 0.3) is 0 Å². The van der Waals surface area contributed by atoms with Crippen molar-refractivity contribution in [3.05, 3.63) is 23.5 Å². The molecule has 1 heterocycles. The smallest absolute Gasteiger partial charge is 0.220 e. The molecule has 1 aromatic heterocycles. The van der Waals surface area contributed by atoms with Crippen LogP contribution in [-0.2, 0) is 0 Å². The minimum absolute atomic E-state index is 0.354. The molecule has 12 heavy (non-hydrogen) atoms. The first kappa shape index (κ1) is 7.28. The Hall–Kier alpha value is -1.38. The molecule has 1 atom stereocenters. The standard InChI is InChI=1S/C9H11N3/c1-6-3-2-4-8-7(6)5-11-9(10)12-8/h2,4-6H,3H2,1H3,(H2,10,11,12). The van der Waals surface area contributed by atoms with E-state index in [-0.39, 0.29) is 0 Å². The first-order chi connectivity index (χ1) is 5.77. The summed E-state index contributed by atoms with van der Waals surface area (Å²) in [5, 5.41) is 0. The van der Waals surface area contributed by atoms with Gasteiger partial charge in [-0.1, -0.05) is 13.0 Å². The van der Waals surface area contributed by atoms with Crippen LogP contribution in [0.3, 0.4) is 0 Å². The third kappa shape index (κ3) is 1.07. The SMILES string of the molecule is CC1CC=Cc2nc(N)ncc21. The van der Waals surface area contributed by atoms with E-state index in [9.17, 15) is 0 Å². The number of nitrogens with zero attached hydrogens (tertiary/aromatic N) is 2. The van der Waals surface area contributed by atoms with Crippen molar-refractivity contribution in [2.45, 2.75) is 19.3 Å². The summed E-state index contributed by atoms with van der Waals surface area (Å²) in [7, 11) is 0. The fourth-order valence-electron chi connectivity index (χ4n) is 1.44. The largest absolute Gasteiger partial charge is 0.368 e. The summed E-state index contributed by atoms with van der Waals surface area (Å²) in [6, 6.07) is 0. The van der Waals surface area contributed by atoms with Crippen LogP contribution in [0.1, 0.15) is 30.5 Å². The van der Waals surface area contributed by atoms with Crippen LogP contribution < -0.4 is 5.73 Å². The Balaban J connectivity index is 2.55. The molecular formula is C9H11N3. The summed E-state index contributed by atoms with van der Waals surface area (Å²) in [4.78, 5) is 8.12. The molecule has 2 rings (SSSR count). The van der Waals surface area contributed by atoms with E-state index in [1.807, 2.05) is 12.3 Å². The molecule has 0 aromatic carbocycles. The quantitative estimate of drug-likeness (QED) is 0.628. The molecule has 62 valence electrons. The Morgan fingerprint density at radius 2 is 2.42 bits per heavy atom. The zero-order chi connectivity index (χ0) is 8.55. The van der Waals surface area contributed by atoms with Gasteiger partial charge in [-0.05, 0) is 24.0 Å². The average Bonchev–Trinajstić information content (AvgIpc) is 2.04. The lowest BCUT2D eigenvalue weighted by molar-refractivity contribution is 0.757. The van der Waals surface area contributed by atoms with E-state index in [4.69, 9.17) is 5.73 Å². The molecule has 1 aromatic rings. The number of nitrogen functional groups attached to an aromatic ring is 1. The highest BCUT2D eigenvalue weighted by atomic mass is 15.0. The van der Waals surface area contributed by atoms with Gasteiger partial charge in [-0.3, -0.25) is 0 Å². The van der Waals surface area contributed by atoms with Crippen molar-refractivity contribution < 1.29 is 0 Å². The molecule has 0 spiro atoms. The molecule has 1 unspecified atom stereocenters. The maximum absolute atomic E-state index is 5.47. The van der Waals surface area contributed by atoms with Gasteiger partial charge < -0.3 is 5.73 Å². The van der Waals surface area contributed by atoms with Gasteiger partial charge in [-0.2, -0.15) is 0 Å². The highest BCUT2D eigenvalue weighted by Crippen LogP contribution is 2.27. The molecule has 1 aliphatic carbocycles. The second-order valence-corrected chi connectivity index (χ2v) is 3.11. The second kappa shape index (κ2) is 2.59. The molecule has 0 saturated carbocycles. The lowest BCUT2D eigenvalue weighted by Gasteiger charge is -2.15.